The van der Waals surface area contributed by atoms with E-state index in [2.05, 4.69) is 44.7 Å². The minimum Gasteiger partial charge on any atom is -0.482 e. The molecule has 4 rings (SSSR count). The molecule has 0 bridgehead atoms. The fourth-order valence-corrected chi connectivity index (χ4v) is 4.28. The number of hydrogen-bond donors (Lipinski definition) is 0. The third kappa shape index (κ3) is 4.65. The molecule has 2 aromatic carbocycles. The van der Waals surface area contributed by atoms with E-state index in [1.54, 1.807) is 4.90 Å². The van der Waals surface area contributed by atoms with Gasteiger partial charge in [0, 0.05) is 31.7 Å². The van der Waals surface area contributed by atoms with Crippen molar-refractivity contribution in [2.45, 2.75) is 39.7 Å². The summed E-state index contributed by atoms with van der Waals surface area (Å²) in [5.41, 5.74) is 3.52. The molecular formula is C26H33N3O3. The number of hydrogen-bond acceptors (Lipinski definition) is 4. The molecule has 6 nitrogen and oxygen atoms in total. The van der Waals surface area contributed by atoms with Crippen molar-refractivity contribution in [1.82, 2.24) is 9.80 Å². The Kier molecular flexibility index (Phi) is 6.24. The molecule has 32 heavy (non-hydrogen) atoms. The predicted octanol–water partition coefficient (Wildman–Crippen LogP) is 3.69. The number of carbonyl (C=O) groups is 2. The van der Waals surface area contributed by atoms with Crippen LogP contribution >= 0.6 is 0 Å². The van der Waals surface area contributed by atoms with Gasteiger partial charge in [-0.05, 0) is 47.4 Å². The van der Waals surface area contributed by atoms with Gasteiger partial charge in [0.25, 0.3) is 11.8 Å². The van der Waals surface area contributed by atoms with Crippen LogP contribution in [0.25, 0.3) is 0 Å². The molecule has 2 amide bonds. The molecule has 2 heterocycles. The second-order valence-corrected chi connectivity index (χ2v) is 9.63. The lowest BCUT2D eigenvalue weighted by atomic mass is 9.86. The zero-order valence-corrected chi connectivity index (χ0v) is 19.6. The van der Waals surface area contributed by atoms with Crippen molar-refractivity contribution in [2.24, 2.45) is 0 Å². The molecular weight excluding hydrogens is 402 g/mol. The van der Waals surface area contributed by atoms with Crippen LogP contribution in [-0.2, 0) is 16.8 Å². The van der Waals surface area contributed by atoms with Gasteiger partial charge in [0.2, 0.25) is 0 Å². The number of rotatable bonds is 4. The molecule has 0 radical (unpaired) electrons. The summed E-state index contributed by atoms with van der Waals surface area (Å²) in [5, 5.41) is 0. The zero-order valence-electron chi connectivity index (χ0n) is 19.6. The molecule has 0 unspecified atom stereocenters. The van der Waals surface area contributed by atoms with E-state index in [4.69, 9.17) is 4.74 Å². The Hall–Kier alpha value is -2.86. The second kappa shape index (κ2) is 8.94. The number of likely N-dealkylation sites (N-methyl/N-ethyl adjacent to an activating group) is 1. The number of piperazine rings is 1. The van der Waals surface area contributed by atoms with E-state index in [1.165, 1.54) is 0 Å². The summed E-state index contributed by atoms with van der Waals surface area (Å²) < 4.78 is 5.67. The molecule has 0 spiro atoms. The summed E-state index contributed by atoms with van der Waals surface area (Å²) in [4.78, 5) is 31.9. The molecule has 2 aliphatic heterocycles. The van der Waals surface area contributed by atoms with Gasteiger partial charge >= 0.3 is 0 Å². The normalized spacial score (nSPS) is 17.2. The highest BCUT2D eigenvalue weighted by atomic mass is 16.5. The van der Waals surface area contributed by atoms with Crippen molar-refractivity contribution in [3.05, 3.63) is 59.2 Å². The van der Waals surface area contributed by atoms with Crippen LogP contribution in [0.15, 0.2) is 42.5 Å². The molecule has 0 aliphatic carbocycles. The van der Waals surface area contributed by atoms with Crippen molar-refractivity contribution in [3.63, 3.8) is 0 Å². The molecule has 1 fully saturated rings. The highest BCUT2D eigenvalue weighted by molar-refractivity contribution is 5.98. The fraction of sp³-hybridized carbons (Fsp3) is 0.462. The topological polar surface area (TPSA) is 53.1 Å². The molecule has 2 aliphatic rings. The third-order valence-electron chi connectivity index (χ3n) is 6.39. The largest absolute Gasteiger partial charge is 0.482 e. The van der Waals surface area contributed by atoms with Crippen molar-refractivity contribution < 1.29 is 14.3 Å². The zero-order chi connectivity index (χ0) is 22.9. The monoisotopic (exact) mass is 435 g/mol. The smallest absolute Gasteiger partial charge is 0.265 e. The van der Waals surface area contributed by atoms with Crippen LogP contribution in [0.1, 0.15) is 49.2 Å². The SMILES string of the molecule is CCN1CCN(C(=O)c2cccc(CN3C(=O)COc4ccc(C(C)(C)C)cc43)c2)CC1. The molecule has 1 saturated heterocycles. The number of benzene rings is 2. The number of amides is 2. The highest BCUT2D eigenvalue weighted by Gasteiger charge is 2.28. The summed E-state index contributed by atoms with van der Waals surface area (Å²) in [7, 11) is 0. The quantitative estimate of drug-likeness (QED) is 0.735. The Bertz CT molecular complexity index is 1000. The first-order valence-corrected chi connectivity index (χ1v) is 11.4. The molecule has 0 aromatic heterocycles. The Balaban J connectivity index is 1.55. The van der Waals surface area contributed by atoms with Crippen LogP contribution < -0.4 is 9.64 Å². The van der Waals surface area contributed by atoms with E-state index in [0.717, 1.165) is 55.3 Å². The van der Waals surface area contributed by atoms with Gasteiger partial charge < -0.3 is 19.4 Å². The van der Waals surface area contributed by atoms with Gasteiger partial charge in [0.05, 0.1) is 12.2 Å². The van der Waals surface area contributed by atoms with Crippen molar-refractivity contribution >= 4 is 17.5 Å². The van der Waals surface area contributed by atoms with Crippen molar-refractivity contribution in [2.75, 3.05) is 44.2 Å². The van der Waals surface area contributed by atoms with E-state index in [9.17, 15) is 9.59 Å². The summed E-state index contributed by atoms with van der Waals surface area (Å²) in [6.07, 6.45) is 0. The highest BCUT2D eigenvalue weighted by Crippen LogP contribution is 2.37. The fourth-order valence-electron chi connectivity index (χ4n) is 4.28. The second-order valence-electron chi connectivity index (χ2n) is 9.63. The number of anilines is 1. The van der Waals surface area contributed by atoms with Crippen LogP contribution in [0.5, 0.6) is 5.75 Å². The van der Waals surface area contributed by atoms with Crippen LogP contribution in [0.2, 0.25) is 0 Å². The summed E-state index contributed by atoms with van der Waals surface area (Å²) in [6, 6.07) is 13.7. The van der Waals surface area contributed by atoms with E-state index in [1.807, 2.05) is 35.2 Å². The van der Waals surface area contributed by atoms with E-state index < -0.39 is 0 Å². The van der Waals surface area contributed by atoms with Gasteiger partial charge in [0.15, 0.2) is 6.61 Å². The maximum atomic E-state index is 13.1. The van der Waals surface area contributed by atoms with E-state index >= 15 is 0 Å². The molecule has 0 atom stereocenters. The molecule has 2 aromatic rings. The number of ether oxygens (including phenoxy) is 1. The van der Waals surface area contributed by atoms with Crippen LogP contribution in [0, 0.1) is 0 Å². The van der Waals surface area contributed by atoms with Gasteiger partial charge in [-0.3, -0.25) is 9.59 Å². The Morgan fingerprint density at radius 2 is 1.78 bits per heavy atom. The standard InChI is InChI=1S/C26H33N3O3/c1-5-27-11-13-28(14-12-27)25(31)20-8-6-7-19(15-20)17-29-22-16-21(26(2,3)4)9-10-23(22)32-18-24(29)30/h6-10,15-16H,5,11-14,17-18H2,1-4H3. The van der Waals surface area contributed by atoms with Crippen LogP contribution in [-0.4, -0.2) is 60.9 Å². The first-order chi connectivity index (χ1) is 15.3. The molecule has 6 heteroatoms. The lowest BCUT2D eigenvalue weighted by Crippen LogP contribution is -2.48. The Morgan fingerprint density at radius 1 is 1.03 bits per heavy atom. The lowest BCUT2D eigenvalue weighted by Gasteiger charge is -2.34. The predicted molar refractivity (Wildman–Crippen MR) is 126 cm³/mol. The average molecular weight is 436 g/mol. The molecule has 0 saturated carbocycles. The third-order valence-corrected chi connectivity index (χ3v) is 6.39. The maximum absolute atomic E-state index is 13.1. The van der Waals surface area contributed by atoms with Crippen LogP contribution in [0.4, 0.5) is 5.69 Å². The first kappa shape index (κ1) is 22.3. The minimum atomic E-state index is -0.0732. The number of fused-ring (bicyclic) bond motifs is 1. The lowest BCUT2D eigenvalue weighted by molar-refractivity contribution is -0.121. The number of nitrogens with zero attached hydrogens (tertiary/aromatic N) is 3. The summed E-state index contributed by atoms with van der Waals surface area (Å²) in [6.45, 7) is 13.4. The summed E-state index contributed by atoms with van der Waals surface area (Å²) in [5.74, 6) is 0.709. The van der Waals surface area contributed by atoms with Gasteiger partial charge in [-0.2, -0.15) is 0 Å². The van der Waals surface area contributed by atoms with Gasteiger partial charge in [-0.25, -0.2) is 0 Å². The first-order valence-electron chi connectivity index (χ1n) is 11.4. The van der Waals surface area contributed by atoms with E-state index in [0.29, 0.717) is 12.1 Å². The average Bonchev–Trinajstić information content (AvgIpc) is 2.80. The minimum absolute atomic E-state index is 0.0300. The van der Waals surface area contributed by atoms with E-state index in [-0.39, 0.29) is 23.8 Å². The van der Waals surface area contributed by atoms with Crippen molar-refractivity contribution in [1.29, 1.82) is 0 Å². The van der Waals surface area contributed by atoms with Crippen LogP contribution in [0.3, 0.4) is 0 Å². The Labute approximate surface area is 190 Å². The summed E-state index contributed by atoms with van der Waals surface area (Å²) >= 11 is 0. The maximum Gasteiger partial charge on any atom is 0.265 e. The van der Waals surface area contributed by atoms with Crippen molar-refractivity contribution in [3.8, 4) is 5.75 Å². The van der Waals surface area contributed by atoms with Gasteiger partial charge in [0.1, 0.15) is 5.75 Å². The molecule has 170 valence electrons. The molecule has 0 N–H and O–H groups in total. The number of carbonyl (C=O) groups excluding carboxylic acids is 2. The Morgan fingerprint density at radius 3 is 2.47 bits per heavy atom. The van der Waals surface area contributed by atoms with Gasteiger partial charge in [-0.1, -0.05) is 45.9 Å². The van der Waals surface area contributed by atoms with Gasteiger partial charge in [-0.15, -0.1) is 0 Å².